The Kier molecular flexibility index (Phi) is 3.71. The van der Waals surface area contributed by atoms with Crippen molar-refractivity contribution in [3.63, 3.8) is 0 Å². The van der Waals surface area contributed by atoms with Gasteiger partial charge in [-0.25, -0.2) is 4.39 Å². The predicted octanol–water partition coefficient (Wildman–Crippen LogP) is 1.70. The molecule has 0 aliphatic heterocycles. The Labute approximate surface area is 68.5 Å². The maximum atomic E-state index is 12.4. The number of hydrogen-bond acceptors (Lipinski definition) is 2. The van der Waals surface area contributed by atoms with Gasteiger partial charge in [0, 0.05) is 0 Å². The summed E-state index contributed by atoms with van der Waals surface area (Å²) in [5.41, 5.74) is 0. The van der Waals surface area contributed by atoms with Crippen molar-refractivity contribution in [2.24, 2.45) is 0 Å². The van der Waals surface area contributed by atoms with Gasteiger partial charge >= 0.3 is 18.1 Å². The standard InChI is InChI=1S/C5H4F6O2/c6-1-2-13-4(8,3(7)12)5(9,10)11/h1-2H2. The fourth-order valence-electron chi connectivity index (χ4n) is 0.429. The van der Waals surface area contributed by atoms with E-state index in [1.807, 2.05) is 0 Å². The molecule has 0 aliphatic carbocycles. The summed E-state index contributed by atoms with van der Waals surface area (Å²) in [4.78, 5) is 9.61. The van der Waals surface area contributed by atoms with Crippen molar-refractivity contribution in [2.75, 3.05) is 13.3 Å². The quantitative estimate of drug-likeness (QED) is 0.521. The summed E-state index contributed by atoms with van der Waals surface area (Å²) >= 11 is 0. The maximum absolute atomic E-state index is 12.4. The Hall–Kier alpha value is -0.790. The minimum atomic E-state index is -5.85. The van der Waals surface area contributed by atoms with Gasteiger partial charge in [-0.05, 0) is 0 Å². The SMILES string of the molecule is O=C(F)C(F)(OCCF)C(F)(F)F. The first kappa shape index (κ1) is 12.2. The number of alkyl halides is 5. The molecule has 13 heavy (non-hydrogen) atoms. The fraction of sp³-hybridized carbons (Fsp3) is 0.800. The summed E-state index contributed by atoms with van der Waals surface area (Å²) in [5, 5.41) is 0. The second kappa shape index (κ2) is 3.95. The molecular weight excluding hydrogens is 206 g/mol. The minimum absolute atomic E-state index is 1.36. The van der Waals surface area contributed by atoms with Gasteiger partial charge in [-0.1, -0.05) is 0 Å². The maximum Gasteiger partial charge on any atom is 0.459 e. The molecule has 1 atom stereocenters. The number of ether oxygens (including phenoxy) is 1. The first-order chi connectivity index (χ1) is 5.75. The van der Waals surface area contributed by atoms with E-state index in [1.165, 1.54) is 0 Å². The van der Waals surface area contributed by atoms with E-state index in [2.05, 4.69) is 4.74 Å². The molecule has 0 aromatic heterocycles. The van der Waals surface area contributed by atoms with E-state index in [0.29, 0.717) is 0 Å². The molecule has 0 spiro atoms. The summed E-state index contributed by atoms with van der Waals surface area (Å²) < 4.78 is 73.1. The predicted molar refractivity (Wildman–Crippen MR) is 27.9 cm³/mol. The molecule has 0 rings (SSSR count). The first-order valence-electron chi connectivity index (χ1n) is 2.91. The average molecular weight is 210 g/mol. The van der Waals surface area contributed by atoms with Gasteiger partial charge in [0.15, 0.2) is 0 Å². The van der Waals surface area contributed by atoms with Crippen molar-refractivity contribution in [3.05, 3.63) is 0 Å². The molecule has 0 aromatic rings. The van der Waals surface area contributed by atoms with Gasteiger partial charge in [-0.3, -0.25) is 4.79 Å². The van der Waals surface area contributed by atoms with Gasteiger partial charge in [0.1, 0.15) is 6.67 Å². The van der Waals surface area contributed by atoms with E-state index < -0.39 is 31.3 Å². The third-order valence-electron chi connectivity index (χ3n) is 0.996. The van der Waals surface area contributed by atoms with Crippen LogP contribution in [0.3, 0.4) is 0 Å². The van der Waals surface area contributed by atoms with Gasteiger partial charge in [-0.15, -0.1) is 0 Å². The molecule has 0 saturated heterocycles. The normalized spacial score (nSPS) is 16.8. The highest BCUT2D eigenvalue weighted by atomic mass is 19.4. The van der Waals surface area contributed by atoms with Crippen molar-refractivity contribution >= 4 is 6.04 Å². The second-order valence-electron chi connectivity index (χ2n) is 1.90. The zero-order valence-electron chi connectivity index (χ0n) is 6.00. The van der Waals surface area contributed by atoms with Crippen LogP contribution in [0.15, 0.2) is 0 Å². The summed E-state index contributed by atoms with van der Waals surface area (Å²) in [6.07, 6.45) is -5.85. The third-order valence-corrected chi connectivity index (χ3v) is 0.996. The van der Waals surface area contributed by atoms with Crippen molar-refractivity contribution < 1.29 is 35.9 Å². The Balaban J connectivity index is 4.64. The lowest BCUT2D eigenvalue weighted by molar-refractivity contribution is -0.319. The molecule has 0 radical (unpaired) electrons. The van der Waals surface area contributed by atoms with Gasteiger partial charge in [0.25, 0.3) is 0 Å². The Morgan fingerprint density at radius 2 is 1.69 bits per heavy atom. The average Bonchev–Trinajstić information content (AvgIpc) is 1.97. The Bertz CT molecular complexity index is 190. The summed E-state index contributed by atoms with van der Waals surface area (Å²) in [5.74, 6) is -5.06. The molecule has 0 aliphatic rings. The molecular formula is C5H4F6O2. The minimum Gasteiger partial charge on any atom is -0.328 e. The van der Waals surface area contributed by atoms with Crippen LogP contribution < -0.4 is 0 Å². The van der Waals surface area contributed by atoms with Crippen LogP contribution in [0.4, 0.5) is 26.3 Å². The number of halogens is 6. The van der Waals surface area contributed by atoms with E-state index in [9.17, 15) is 31.1 Å². The topological polar surface area (TPSA) is 26.3 Å². The van der Waals surface area contributed by atoms with Crippen LogP contribution in [0.2, 0.25) is 0 Å². The van der Waals surface area contributed by atoms with Crippen LogP contribution in [-0.2, 0) is 9.53 Å². The van der Waals surface area contributed by atoms with Crippen LogP contribution in [-0.4, -0.2) is 31.3 Å². The van der Waals surface area contributed by atoms with Crippen molar-refractivity contribution in [3.8, 4) is 0 Å². The second-order valence-corrected chi connectivity index (χ2v) is 1.90. The zero-order valence-corrected chi connectivity index (χ0v) is 6.00. The molecule has 0 aromatic carbocycles. The summed E-state index contributed by atoms with van der Waals surface area (Å²) in [7, 11) is 0. The van der Waals surface area contributed by atoms with Gasteiger partial charge in [0.2, 0.25) is 0 Å². The van der Waals surface area contributed by atoms with E-state index in [0.717, 1.165) is 0 Å². The first-order valence-corrected chi connectivity index (χ1v) is 2.91. The summed E-state index contributed by atoms with van der Waals surface area (Å²) in [6.45, 7) is -2.82. The highest BCUT2D eigenvalue weighted by molar-refractivity contribution is 5.77. The monoisotopic (exact) mass is 210 g/mol. The molecule has 0 bridgehead atoms. The third kappa shape index (κ3) is 2.58. The van der Waals surface area contributed by atoms with Crippen LogP contribution >= 0.6 is 0 Å². The Morgan fingerprint density at radius 1 is 1.23 bits per heavy atom. The molecule has 0 N–H and O–H groups in total. The zero-order chi connectivity index (χ0) is 10.7. The van der Waals surface area contributed by atoms with Crippen LogP contribution in [0.1, 0.15) is 0 Å². The van der Waals surface area contributed by atoms with Gasteiger partial charge in [0.05, 0.1) is 6.61 Å². The molecule has 0 saturated carbocycles. The highest BCUT2D eigenvalue weighted by Gasteiger charge is 2.64. The Morgan fingerprint density at radius 3 is 1.92 bits per heavy atom. The van der Waals surface area contributed by atoms with E-state index in [1.54, 1.807) is 0 Å². The van der Waals surface area contributed by atoms with Crippen molar-refractivity contribution in [1.29, 1.82) is 0 Å². The lowest BCUT2D eigenvalue weighted by Gasteiger charge is -2.22. The van der Waals surface area contributed by atoms with E-state index in [-0.39, 0.29) is 0 Å². The number of carbonyl (C=O) groups is 1. The molecule has 0 amide bonds. The number of hydrogen-bond donors (Lipinski definition) is 0. The fourth-order valence-corrected chi connectivity index (χ4v) is 0.429. The van der Waals surface area contributed by atoms with Gasteiger partial charge in [-0.2, -0.15) is 22.0 Å². The molecule has 78 valence electrons. The molecule has 0 fully saturated rings. The van der Waals surface area contributed by atoms with Crippen molar-refractivity contribution in [1.82, 2.24) is 0 Å². The largest absolute Gasteiger partial charge is 0.459 e. The van der Waals surface area contributed by atoms with Crippen LogP contribution in [0.5, 0.6) is 0 Å². The lowest BCUT2D eigenvalue weighted by Crippen LogP contribution is -2.49. The smallest absolute Gasteiger partial charge is 0.328 e. The van der Waals surface area contributed by atoms with Crippen LogP contribution in [0, 0.1) is 0 Å². The summed E-state index contributed by atoms with van der Waals surface area (Å²) in [6, 6.07) is -3.35. The van der Waals surface area contributed by atoms with E-state index >= 15 is 0 Å². The van der Waals surface area contributed by atoms with Crippen LogP contribution in [0.25, 0.3) is 0 Å². The molecule has 8 heteroatoms. The van der Waals surface area contributed by atoms with E-state index in [4.69, 9.17) is 0 Å². The molecule has 2 nitrogen and oxygen atoms in total. The molecule has 0 heterocycles. The number of carbonyl (C=O) groups excluding carboxylic acids is 1. The molecule has 1 unspecified atom stereocenters. The van der Waals surface area contributed by atoms with Gasteiger partial charge < -0.3 is 4.74 Å². The number of rotatable bonds is 4. The van der Waals surface area contributed by atoms with Crippen molar-refractivity contribution in [2.45, 2.75) is 12.0 Å². The highest BCUT2D eigenvalue weighted by Crippen LogP contribution is 2.36. The lowest BCUT2D eigenvalue weighted by atomic mass is 10.3.